The molecule has 0 radical (unpaired) electrons. The molecule has 1 saturated carbocycles. The topological polar surface area (TPSA) is 47.0 Å². The zero-order valence-electron chi connectivity index (χ0n) is 9.51. The van der Waals surface area contributed by atoms with Gasteiger partial charge in [0.25, 0.3) is 0 Å². The Bertz CT molecular complexity index is 636. The van der Waals surface area contributed by atoms with Crippen molar-refractivity contribution in [2.75, 3.05) is 0 Å². The Morgan fingerprint density at radius 2 is 2.00 bits per heavy atom. The van der Waals surface area contributed by atoms with E-state index < -0.39 is 14.6 Å². The average Bonchev–Trinajstić information content (AvgIpc) is 2.69. The summed E-state index contributed by atoms with van der Waals surface area (Å²) in [5.41, 5.74) is 0.777. The highest BCUT2D eigenvalue weighted by molar-refractivity contribution is 7.94. The van der Waals surface area contributed by atoms with Gasteiger partial charge in [0.15, 0.2) is 0 Å². The molecule has 5 heteroatoms. The quantitative estimate of drug-likeness (QED) is 0.840. The van der Waals surface area contributed by atoms with Crippen molar-refractivity contribution in [3.05, 3.63) is 24.3 Å². The Labute approximate surface area is 104 Å². The Morgan fingerprint density at radius 3 is 2.59 bits per heavy atom. The standard InChI is InChI=1S/C12H13NO2S2/c1-12(7-4-8-12)17(14,15)11-13-9-5-2-3-6-10(9)16-11/h2-3,5-6H,4,7-8H2,1H3. The minimum atomic E-state index is -3.26. The first-order valence-electron chi connectivity index (χ1n) is 5.63. The molecule has 3 rings (SSSR count). The minimum absolute atomic E-state index is 0.279. The zero-order valence-corrected chi connectivity index (χ0v) is 11.1. The van der Waals surface area contributed by atoms with Crippen molar-refractivity contribution >= 4 is 31.4 Å². The summed E-state index contributed by atoms with van der Waals surface area (Å²) in [7, 11) is -3.26. The Kier molecular flexibility index (Phi) is 2.32. The van der Waals surface area contributed by atoms with Crippen LogP contribution in [0.15, 0.2) is 28.6 Å². The van der Waals surface area contributed by atoms with Crippen molar-refractivity contribution in [3.8, 4) is 0 Å². The molecule has 90 valence electrons. The summed E-state index contributed by atoms with van der Waals surface area (Å²) in [6.45, 7) is 1.83. The van der Waals surface area contributed by atoms with E-state index in [1.165, 1.54) is 11.3 Å². The van der Waals surface area contributed by atoms with Gasteiger partial charge in [-0.25, -0.2) is 13.4 Å². The van der Waals surface area contributed by atoms with Gasteiger partial charge < -0.3 is 0 Å². The maximum absolute atomic E-state index is 12.5. The summed E-state index contributed by atoms with van der Waals surface area (Å²) >= 11 is 1.28. The molecule has 0 spiro atoms. The van der Waals surface area contributed by atoms with E-state index in [1.54, 1.807) is 0 Å². The average molecular weight is 267 g/mol. The van der Waals surface area contributed by atoms with Gasteiger partial charge in [-0.1, -0.05) is 18.6 Å². The van der Waals surface area contributed by atoms with Crippen LogP contribution in [0.1, 0.15) is 26.2 Å². The molecule has 0 aliphatic heterocycles. The summed E-state index contributed by atoms with van der Waals surface area (Å²) in [4.78, 5) is 4.26. The van der Waals surface area contributed by atoms with Crippen LogP contribution < -0.4 is 0 Å². The molecule has 0 amide bonds. The number of sulfone groups is 1. The van der Waals surface area contributed by atoms with Crippen LogP contribution in [-0.2, 0) is 9.84 Å². The van der Waals surface area contributed by atoms with Crippen LogP contribution in [0, 0.1) is 0 Å². The van der Waals surface area contributed by atoms with Gasteiger partial charge in [0.2, 0.25) is 14.2 Å². The van der Waals surface area contributed by atoms with Gasteiger partial charge in [-0.2, -0.15) is 0 Å². The molecular formula is C12H13NO2S2. The molecule has 1 aliphatic rings. The van der Waals surface area contributed by atoms with Gasteiger partial charge >= 0.3 is 0 Å². The van der Waals surface area contributed by atoms with Gasteiger partial charge in [0, 0.05) is 0 Å². The molecular weight excluding hydrogens is 254 g/mol. The lowest BCUT2D eigenvalue weighted by atomic mass is 9.86. The Morgan fingerprint density at radius 1 is 1.29 bits per heavy atom. The molecule has 0 unspecified atom stereocenters. The molecule has 3 nitrogen and oxygen atoms in total. The first kappa shape index (κ1) is 11.2. The van der Waals surface area contributed by atoms with E-state index in [9.17, 15) is 8.42 Å². The summed E-state index contributed by atoms with van der Waals surface area (Å²) in [6, 6.07) is 7.55. The lowest BCUT2D eigenvalue weighted by Crippen LogP contribution is -2.41. The Balaban J connectivity index is 2.15. The van der Waals surface area contributed by atoms with Gasteiger partial charge in [0.05, 0.1) is 15.0 Å². The van der Waals surface area contributed by atoms with E-state index in [4.69, 9.17) is 0 Å². The van der Waals surface area contributed by atoms with Crippen LogP contribution in [0.2, 0.25) is 0 Å². The maximum Gasteiger partial charge on any atom is 0.210 e. The first-order chi connectivity index (χ1) is 8.03. The summed E-state index contributed by atoms with van der Waals surface area (Å²) in [6.07, 6.45) is 2.51. The molecule has 1 heterocycles. The largest absolute Gasteiger partial charge is 0.225 e. The number of thiazole rings is 1. The van der Waals surface area contributed by atoms with E-state index in [-0.39, 0.29) is 4.34 Å². The van der Waals surface area contributed by atoms with E-state index in [0.717, 1.165) is 29.5 Å². The van der Waals surface area contributed by atoms with Crippen molar-refractivity contribution in [2.24, 2.45) is 0 Å². The SMILES string of the molecule is CC1(S(=O)(=O)c2nc3ccccc3s2)CCC1. The summed E-state index contributed by atoms with van der Waals surface area (Å²) in [5, 5.41) is 0. The monoisotopic (exact) mass is 267 g/mol. The molecule has 17 heavy (non-hydrogen) atoms. The first-order valence-corrected chi connectivity index (χ1v) is 7.93. The number of benzene rings is 1. The molecule has 1 aromatic heterocycles. The number of hydrogen-bond acceptors (Lipinski definition) is 4. The highest BCUT2D eigenvalue weighted by Gasteiger charge is 2.46. The number of hydrogen-bond donors (Lipinski definition) is 0. The second-order valence-electron chi connectivity index (χ2n) is 4.75. The van der Waals surface area contributed by atoms with Gasteiger partial charge in [-0.15, -0.1) is 11.3 Å². The van der Waals surface area contributed by atoms with Gasteiger partial charge in [0.1, 0.15) is 0 Å². The maximum atomic E-state index is 12.5. The van der Waals surface area contributed by atoms with Crippen molar-refractivity contribution in [2.45, 2.75) is 35.3 Å². The molecule has 1 aromatic carbocycles. The van der Waals surface area contributed by atoms with Gasteiger partial charge in [-0.05, 0) is 31.9 Å². The molecule has 0 N–H and O–H groups in total. The summed E-state index contributed by atoms with van der Waals surface area (Å²) in [5.74, 6) is 0. The highest BCUT2D eigenvalue weighted by atomic mass is 32.2. The smallest absolute Gasteiger partial charge is 0.210 e. The van der Waals surface area contributed by atoms with Crippen LogP contribution in [0.25, 0.3) is 10.2 Å². The third-order valence-corrected chi connectivity index (χ3v) is 7.56. The fourth-order valence-electron chi connectivity index (χ4n) is 2.12. The number of nitrogens with zero attached hydrogens (tertiary/aromatic N) is 1. The molecule has 2 aromatic rings. The number of rotatable bonds is 2. The zero-order chi connectivity index (χ0) is 12.1. The molecule has 0 atom stereocenters. The van der Waals surface area contributed by atoms with E-state index in [1.807, 2.05) is 31.2 Å². The second kappa shape index (κ2) is 3.53. The third-order valence-electron chi connectivity index (χ3n) is 3.56. The predicted octanol–water partition coefficient (Wildman–Crippen LogP) is 3.01. The third kappa shape index (κ3) is 1.52. The van der Waals surface area contributed by atoms with Crippen molar-refractivity contribution < 1.29 is 8.42 Å². The van der Waals surface area contributed by atoms with E-state index in [0.29, 0.717) is 0 Å². The molecule has 1 fully saturated rings. The normalized spacial score (nSPS) is 19.1. The van der Waals surface area contributed by atoms with Crippen LogP contribution >= 0.6 is 11.3 Å². The van der Waals surface area contributed by atoms with E-state index in [2.05, 4.69) is 4.98 Å². The fraction of sp³-hybridized carbons (Fsp3) is 0.417. The van der Waals surface area contributed by atoms with Crippen molar-refractivity contribution in [3.63, 3.8) is 0 Å². The molecule has 0 saturated heterocycles. The predicted molar refractivity (Wildman–Crippen MR) is 69.1 cm³/mol. The van der Waals surface area contributed by atoms with Crippen LogP contribution in [0.4, 0.5) is 0 Å². The molecule has 0 bridgehead atoms. The van der Waals surface area contributed by atoms with Crippen molar-refractivity contribution in [1.82, 2.24) is 4.98 Å². The minimum Gasteiger partial charge on any atom is -0.225 e. The highest BCUT2D eigenvalue weighted by Crippen LogP contribution is 2.43. The van der Waals surface area contributed by atoms with Crippen LogP contribution in [-0.4, -0.2) is 18.1 Å². The fourth-order valence-corrected chi connectivity index (χ4v) is 5.60. The van der Waals surface area contributed by atoms with Crippen LogP contribution in [0.5, 0.6) is 0 Å². The lowest BCUT2D eigenvalue weighted by molar-refractivity contribution is 0.362. The number of aromatic nitrogens is 1. The van der Waals surface area contributed by atoms with Crippen LogP contribution in [0.3, 0.4) is 0 Å². The number of para-hydroxylation sites is 1. The van der Waals surface area contributed by atoms with Gasteiger partial charge in [-0.3, -0.25) is 0 Å². The molecule has 1 aliphatic carbocycles. The summed E-state index contributed by atoms with van der Waals surface area (Å²) < 4.78 is 25.5. The van der Waals surface area contributed by atoms with Crippen molar-refractivity contribution in [1.29, 1.82) is 0 Å². The Hall–Kier alpha value is -0.940. The number of fused-ring (bicyclic) bond motifs is 1. The van der Waals surface area contributed by atoms with E-state index >= 15 is 0 Å². The second-order valence-corrected chi connectivity index (χ2v) is 8.42. The lowest BCUT2D eigenvalue weighted by Gasteiger charge is -2.36.